The Kier molecular flexibility index (Phi) is 7.43. The SMILES string of the molecule is CN(C[C@H]1CCCN(CCc2ccc(F)cc2)C1)C(=O)NCc1ccccc1. The summed E-state index contributed by atoms with van der Waals surface area (Å²) >= 11 is 0. The van der Waals surface area contributed by atoms with E-state index in [9.17, 15) is 9.18 Å². The Morgan fingerprint density at radius 1 is 1.14 bits per heavy atom. The van der Waals surface area contributed by atoms with Crippen LogP contribution in [0.15, 0.2) is 54.6 Å². The molecule has 5 heteroatoms. The molecule has 0 aromatic heterocycles. The van der Waals surface area contributed by atoms with E-state index in [0.29, 0.717) is 12.5 Å². The Morgan fingerprint density at radius 2 is 1.89 bits per heavy atom. The topological polar surface area (TPSA) is 35.6 Å². The van der Waals surface area contributed by atoms with Crippen molar-refractivity contribution >= 4 is 6.03 Å². The van der Waals surface area contributed by atoms with Crippen LogP contribution in [0.2, 0.25) is 0 Å². The third kappa shape index (κ3) is 6.34. The Bertz CT molecular complexity index is 735. The van der Waals surface area contributed by atoms with Gasteiger partial charge < -0.3 is 15.1 Å². The zero-order valence-corrected chi connectivity index (χ0v) is 16.6. The van der Waals surface area contributed by atoms with Crippen LogP contribution in [0.3, 0.4) is 0 Å². The van der Waals surface area contributed by atoms with Gasteiger partial charge in [-0.25, -0.2) is 9.18 Å². The first kappa shape index (κ1) is 20.3. The van der Waals surface area contributed by atoms with E-state index in [2.05, 4.69) is 10.2 Å². The van der Waals surface area contributed by atoms with E-state index in [4.69, 9.17) is 0 Å². The minimum atomic E-state index is -0.185. The molecule has 1 atom stereocenters. The fourth-order valence-electron chi connectivity index (χ4n) is 3.82. The summed E-state index contributed by atoms with van der Waals surface area (Å²) in [6, 6.07) is 16.7. The molecule has 1 saturated heterocycles. The van der Waals surface area contributed by atoms with Crippen molar-refractivity contribution in [3.05, 3.63) is 71.5 Å². The number of rotatable bonds is 7. The molecule has 1 heterocycles. The van der Waals surface area contributed by atoms with Gasteiger partial charge in [0.15, 0.2) is 0 Å². The molecule has 4 nitrogen and oxygen atoms in total. The van der Waals surface area contributed by atoms with Crippen LogP contribution < -0.4 is 5.32 Å². The predicted molar refractivity (Wildman–Crippen MR) is 111 cm³/mol. The summed E-state index contributed by atoms with van der Waals surface area (Å²) in [5.41, 5.74) is 2.27. The smallest absolute Gasteiger partial charge is 0.317 e. The van der Waals surface area contributed by atoms with Crippen LogP contribution in [-0.4, -0.2) is 49.1 Å². The van der Waals surface area contributed by atoms with Crippen LogP contribution in [0.5, 0.6) is 0 Å². The van der Waals surface area contributed by atoms with Crippen molar-refractivity contribution < 1.29 is 9.18 Å². The lowest BCUT2D eigenvalue weighted by atomic mass is 9.97. The standard InChI is InChI=1S/C23H30FN3O/c1-26(23(28)25-16-20-6-3-2-4-7-20)17-21-8-5-14-27(18-21)15-13-19-9-11-22(24)12-10-19/h2-4,6-7,9-12,21H,5,8,13-18H2,1H3,(H,25,28)/t21-/m1/s1. The lowest BCUT2D eigenvalue weighted by Gasteiger charge is -2.34. The summed E-state index contributed by atoms with van der Waals surface area (Å²) in [4.78, 5) is 16.6. The van der Waals surface area contributed by atoms with Gasteiger partial charge in [-0.15, -0.1) is 0 Å². The Hall–Kier alpha value is -2.40. The Morgan fingerprint density at radius 3 is 2.64 bits per heavy atom. The van der Waals surface area contributed by atoms with E-state index in [-0.39, 0.29) is 11.8 Å². The molecular formula is C23H30FN3O. The second-order valence-electron chi connectivity index (χ2n) is 7.71. The third-order valence-electron chi connectivity index (χ3n) is 5.40. The van der Waals surface area contributed by atoms with E-state index in [0.717, 1.165) is 51.0 Å². The molecule has 0 aliphatic carbocycles. The van der Waals surface area contributed by atoms with E-state index in [1.54, 1.807) is 4.90 Å². The number of halogens is 1. The third-order valence-corrected chi connectivity index (χ3v) is 5.40. The number of benzene rings is 2. The summed E-state index contributed by atoms with van der Waals surface area (Å²) in [6.07, 6.45) is 3.25. The number of hydrogen-bond acceptors (Lipinski definition) is 2. The molecule has 0 saturated carbocycles. The van der Waals surface area contributed by atoms with E-state index in [1.165, 1.54) is 17.7 Å². The highest BCUT2D eigenvalue weighted by Gasteiger charge is 2.22. The van der Waals surface area contributed by atoms with Crippen molar-refractivity contribution in [2.45, 2.75) is 25.8 Å². The zero-order chi connectivity index (χ0) is 19.8. The Balaban J connectivity index is 1.40. The van der Waals surface area contributed by atoms with Crippen molar-refractivity contribution in [1.82, 2.24) is 15.1 Å². The van der Waals surface area contributed by atoms with Gasteiger partial charge in [0.25, 0.3) is 0 Å². The van der Waals surface area contributed by atoms with Crippen molar-refractivity contribution in [2.24, 2.45) is 5.92 Å². The van der Waals surface area contributed by atoms with Gasteiger partial charge >= 0.3 is 6.03 Å². The summed E-state index contributed by atoms with van der Waals surface area (Å²) in [5, 5.41) is 2.99. The van der Waals surface area contributed by atoms with Gasteiger partial charge in [0.2, 0.25) is 0 Å². The van der Waals surface area contributed by atoms with E-state index >= 15 is 0 Å². The highest BCUT2D eigenvalue weighted by Crippen LogP contribution is 2.18. The first-order chi connectivity index (χ1) is 13.6. The number of amides is 2. The summed E-state index contributed by atoms with van der Waals surface area (Å²) in [5.74, 6) is 0.310. The lowest BCUT2D eigenvalue weighted by molar-refractivity contribution is 0.146. The van der Waals surface area contributed by atoms with Crippen LogP contribution in [0.1, 0.15) is 24.0 Å². The minimum Gasteiger partial charge on any atom is -0.334 e. The number of nitrogens with one attached hydrogen (secondary N) is 1. The lowest BCUT2D eigenvalue weighted by Crippen LogP contribution is -2.44. The molecule has 0 radical (unpaired) electrons. The maximum atomic E-state index is 13.0. The van der Waals surface area contributed by atoms with Crippen molar-refractivity contribution in [2.75, 3.05) is 33.2 Å². The van der Waals surface area contributed by atoms with Crippen LogP contribution in [0, 0.1) is 11.7 Å². The molecule has 1 fully saturated rings. The van der Waals surface area contributed by atoms with Crippen LogP contribution in [-0.2, 0) is 13.0 Å². The molecule has 28 heavy (non-hydrogen) atoms. The molecule has 2 aromatic carbocycles. The van der Waals surface area contributed by atoms with Gasteiger partial charge in [-0.2, -0.15) is 0 Å². The largest absolute Gasteiger partial charge is 0.334 e. The van der Waals surface area contributed by atoms with Crippen molar-refractivity contribution in [1.29, 1.82) is 0 Å². The molecule has 0 spiro atoms. The number of piperidine rings is 1. The maximum absolute atomic E-state index is 13.0. The second kappa shape index (κ2) is 10.2. The van der Waals surface area contributed by atoms with Crippen molar-refractivity contribution in [3.8, 4) is 0 Å². The van der Waals surface area contributed by atoms with Gasteiger partial charge in [0.05, 0.1) is 0 Å². The maximum Gasteiger partial charge on any atom is 0.317 e. The highest BCUT2D eigenvalue weighted by molar-refractivity contribution is 5.73. The number of urea groups is 1. The molecule has 1 aliphatic rings. The molecule has 0 unspecified atom stereocenters. The van der Waals surface area contributed by atoms with Gasteiger partial charge in [-0.3, -0.25) is 0 Å². The van der Waals surface area contributed by atoms with Crippen LogP contribution in [0.4, 0.5) is 9.18 Å². The normalized spacial score (nSPS) is 17.3. The summed E-state index contributed by atoms with van der Waals surface area (Å²) in [6.45, 7) is 4.41. The molecular weight excluding hydrogens is 353 g/mol. The average Bonchev–Trinajstić information content (AvgIpc) is 2.72. The summed E-state index contributed by atoms with van der Waals surface area (Å²) < 4.78 is 13.0. The zero-order valence-electron chi connectivity index (χ0n) is 16.6. The molecule has 2 amide bonds. The van der Waals surface area contributed by atoms with Gasteiger partial charge in [0.1, 0.15) is 5.82 Å². The number of hydrogen-bond donors (Lipinski definition) is 1. The van der Waals surface area contributed by atoms with Crippen LogP contribution >= 0.6 is 0 Å². The number of likely N-dealkylation sites (tertiary alicyclic amines) is 1. The van der Waals surface area contributed by atoms with E-state index < -0.39 is 0 Å². The van der Waals surface area contributed by atoms with Gasteiger partial charge in [-0.05, 0) is 55.0 Å². The molecule has 1 N–H and O–H groups in total. The number of carbonyl (C=O) groups is 1. The first-order valence-electron chi connectivity index (χ1n) is 10.1. The number of carbonyl (C=O) groups excluding carboxylic acids is 1. The Labute approximate surface area is 167 Å². The van der Waals surface area contributed by atoms with Gasteiger partial charge in [0, 0.05) is 33.2 Å². The average molecular weight is 384 g/mol. The summed E-state index contributed by atoms with van der Waals surface area (Å²) in [7, 11) is 1.87. The van der Waals surface area contributed by atoms with Gasteiger partial charge in [-0.1, -0.05) is 42.5 Å². The molecule has 150 valence electrons. The molecule has 3 rings (SSSR count). The molecule has 0 bridgehead atoms. The number of nitrogens with zero attached hydrogens (tertiary/aromatic N) is 2. The molecule has 2 aromatic rings. The minimum absolute atomic E-state index is 0.0210. The first-order valence-corrected chi connectivity index (χ1v) is 10.1. The van der Waals surface area contributed by atoms with Crippen LogP contribution in [0.25, 0.3) is 0 Å². The van der Waals surface area contributed by atoms with E-state index in [1.807, 2.05) is 49.5 Å². The molecule has 1 aliphatic heterocycles. The monoisotopic (exact) mass is 383 g/mol. The second-order valence-corrected chi connectivity index (χ2v) is 7.71. The highest BCUT2D eigenvalue weighted by atomic mass is 19.1. The fourth-order valence-corrected chi connectivity index (χ4v) is 3.82. The quantitative estimate of drug-likeness (QED) is 0.787. The fraction of sp³-hybridized carbons (Fsp3) is 0.435. The predicted octanol–water partition coefficient (Wildman–Crippen LogP) is 3.92. The van der Waals surface area contributed by atoms with Crippen molar-refractivity contribution in [3.63, 3.8) is 0 Å².